The van der Waals surface area contributed by atoms with E-state index in [1.54, 1.807) is 24.3 Å². The molecule has 0 aliphatic carbocycles. The zero-order valence-electron chi connectivity index (χ0n) is 10.2. The van der Waals surface area contributed by atoms with Crippen molar-refractivity contribution in [2.75, 3.05) is 17.1 Å². The fraction of sp³-hybridized carbons (Fsp3) is 0.0769. The highest BCUT2D eigenvalue weighted by Gasteiger charge is 2.21. The molecule has 0 fully saturated rings. The number of benzene rings is 2. The van der Waals surface area contributed by atoms with Crippen molar-refractivity contribution >= 4 is 33.0 Å². The Labute approximate surface area is 117 Å². The van der Waals surface area contributed by atoms with Gasteiger partial charge in [0.15, 0.2) is 0 Å². The lowest BCUT2D eigenvalue weighted by Crippen LogP contribution is -2.26. The maximum absolute atomic E-state index is 12.4. The monoisotopic (exact) mass is 296 g/mol. The molecule has 0 aliphatic rings. The van der Waals surface area contributed by atoms with Crippen LogP contribution in [0.5, 0.6) is 0 Å². The van der Waals surface area contributed by atoms with Crippen molar-refractivity contribution in [3.63, 3.8) is 0 Å². The predicted molar refractivity (Wildman–Crippen MR) is 77.9 cm³/mol. The molecule has 0 atom stereocenters. The Morgan fingerprint density at radius 2 is 1.74 bits per heavy atom. The summed E-state index contributed by atoms with van der Waals surface area (Å²) in [6, 6.07) is 13.1. The third-order valence-corrected chi connectivity index (χ3v) is 4.87. The summed E-state index contributed by atoms with van der Waals surface area (Å²) in [6.45, 7) is 0. The van der Waals surface area contributed by atoms with Gasteiger partial charge in [0.05, 0.1) is 21.3 Å². The van der Waals surface area contributed by atoms with E-state index in [-0.39, 0.29) is 10.6 Å². The number of nitrogens with two attached hydrogens (primary N) is 1. The molecule has 0 radical (unpaired) electrons. The van der Waals surface area contributed by atoms with Gasteiger partial charge in [0.25, 0.3) is 10.0 Å². The normalized spacial score (nSPS) is 11.3. The molecule has 0 spiro atoms. The van der Waals surface area contributed by atoms with Crippen LogP contribution in [-0.2, 0) is 10.0 Å². The smallest absolute Gasteiger partial charge is 0.264 e. The Balaban J connectivity index is 2.45. The number of hydrogen-bond donors (Lipinski definition) is 1. The molecule has 0 aromatic heterocycles. The predicted octanol–water partition coefficient (Wildman–Crippen LogP) is 2.75. The van der Waals surface area contributed by atoms with Crippen LogP contribution in [0.1, 0.15) is 0 Å². The zero-order chi connectivity index (χ0) is 14.0. The van der Waals surface area contributed by atoms with Crippen LogP contribution in [0.15, 0.2) is 53.4 Å². The minimum atomic E-state index is -3.64. The van der Waals surface area contributed by atoms with Gasteiger partial charge in [0.1, 0.15) is 0 Å². The number of sulfonamides is 1. The molecule has 6 heteroatoms. The second-order valence-corrected chi connectivity index (χ2v) is 6.37. The van der Waals surface area contributed by atoms with Crippen LogP contribution in [0.3, 0.4) is 0 Å². The Kier molecular flexibility index (Phi) is 3.68. The highest BCUT2D eigenvalue weighted by Crippen LogP contribution is 2.26. The molecule has 4 nitrogen and oxygen atoms in total. The average Bonchev–Trinajstić information content (AvgIpc) is 2.41. The van der Waals surface area contributed by atoms with Gasteiger partial charge in [0, 0.05) is 7.05 Å². The third kappa shape index (κ3) is 2.67. The van der Waals surface area contributed by atoms with E-state index in [2.05, 4.69) is 0 Å². The highest BCUT2D eigenvalue weighted by molar-refractivity contribution is 7.92. The molecule has 0 aliphatic heterocycles. The quantitative estimate of drug-likeness (QED) is 0.886. The first-order valence-corrected chi connectivity index (χ1v) is 7.34. The topological polar surface area (TPSA) is 63.4 Å². The fourth-order valence-electron chi connectivity index (χ4n) is 1.62. The molecular formula is C13H13ClN2O2S. The summed E-state index contributed by atoms with van der Waals surface area (Å²) in [5.41, 5.74) is 6.46. The van der Waals surface area contributed by atoms with E-state index >= 15 is 0 Å². The Morgan fingerprint density at radius 3 is 2.32 bits per heavy atom. The van der Waals surface area contributed by atoms with E-state index in [4.69, 9.17) is 17.3 Å². The number of halogens is 1. The van der Waals surface area contributed by atoms with E-state index in [1.165, 1.54) is 29.6 Å². The number of para-hydroxylation sites is 1. The summed E-state index contributed by atoms with van der Waals surface area (Å²) in [5.74, 6) is 0. The maximum atomic E-state index is 12.4. The minimum absolute atomic E-state index is 0.112. The van der Waals surface area contributed by atoms with Crippen LogP contribution in [-0.4, -0.2) is 15.5 Å². The van der Waals surface area contributed by atoms with Gasteiger partial charge in [-0.15, -0.1) is 0 Å². The van der Waals surface area contributed by atoms with Crippen LogP contribution in [0.25, 0.3) is 0 Å². The van der Waals surface area contributed by atoms with Crippen LogP contribution in [0.4, 0.5) is 11.4 Å². The van der Waals surface area contributed by atoms with Gasteiger partial charge in [0.2, 0.25) is 0 Å². The fourth-order valence-corrected chi connectivity index (χ4v) is 2.97. The third-order valence-electron chi connectivity index (χ3n) is 2.75. The van der Waals surface area contributed by atoms with E-state index in [0.717, 1.165) is 0 Å². The molecule has 100 valence electrons. The largest absolute Gasteiger partial charge is 0.397 e. The van der Waals surface area contributed by atoms with E-state index in [9.17, 15) is 8.42 Å². The van der Waals surface area contributed by atoms with Crippen molar-refractivity contribution in [3.8, 4) is 0 Å². The number of anilines is 2. The lowest BCUT2D eigenvalue weighted by Gasteiger charge is -2.19. The van der Waals surface area contributed by atoms with Crippen LogP contribution < -0.4 is 10.0 Å². The lowest BCUT2D eigenvalue weighted by molar-refractivity contribution is 0.594. The summed E-state index contributed by atoms with van der Waals surface area (Å²) < 4.78 is 26.1. The molecule has 2 N–H and O–H groups in total. The molecule has 0 amide bonds. The SMILES string of the molecule is CN(c1ccccc1)S(=O)(=O)c1ccc(Cl)c(N)c1. The number of nitrogen functional groups attached to an aromatic ring is 1. The van der Waals surface area contributed by atoms with Gasteiger partial charge in [-0.25, -0.2) is 8.42 Å². The van der Waals surface area contributed by atoms with Gasteiger partial charge in [-0.1, -0.05) is 29.8 Å². The molecule has 19 heavy (non-hydrogen) atoms. The first-order valence-electron chi connectivity index (χ1n) is 5.52. The number of hydrogen-bond acceptors (Lipinski definition) is 3. The van der Waals surface area contributed by atoms with Crippen molar-refractivity contribution in [1.29, 1.82) is 0 Å². The lowest BCUT2D eigenvalue weighted by atomic mass is 10.3. The Morgan fingerprint density at radius 1 is 1.11 bits per heavy atom. The highest BCUT2D eigenvalue weighted by atomic mass is 35.5. The average molecular weight is 297 g/mol. The molecular weight excluding hydrogens is 284 g/mol. The van der Waals surface area contributed by atoms with Crippen molar-refractivity contribution in [1.82, 2.24) is 0 Å². The van der Waals surface area contributed by atoms with Crippen molar-refractivity contribution < 1.29 is 8.42 Å². The molecule has 0 unspecified atom stereocenters. The molecule has 2 aromatic carbocycles. The van der Waals surface area contributed by atoms with Crippen molar-refractivity contribution in [2.45, 2.75) is 4.90 Å². The Bertz CT molecular complexity index is 687. The van der Waals surface area contributed by atoms with Gasteiger partial charge in [-0.05, 0) is 30.3 Å². The minimum Gasteiger partial charge on any atom is -0.397 e. The summed E-state index contributed by atoms with van der Waals surface area (Å²) >= 11 is 5.79. The van der Waals surface area contributed by atoms with E-state index < -0.39 is 10.0 Å². The molecule has 2 rings (SSSR count). The number of nitrogens with zero attached hydrogens (tertiary/aromatic N) is 1. The van der Waals surface area contributed by atoms with Gasteiger partial charge < -0.3 is 5.73 Å². The van der Waals surface area contributed by atoms with E-state index in [1.807, 2.05) is 6.07 Å². The first kappa shape index (κ1) is 13.7. The van der Waals surface area contributed by atoms with Crippen molar-refractivity contribution in [3.05, 3.63) is 53.6 Å². The van der Waals surface area contributed by atoms with Gasteiger partial charge in [-0.2, -0.15) is 0 Å². The summed E-state index contributed by atoms with van der Waals surface area (Å²) in [5, 5.41) is 0.335. The van der Waals surface area contributed by atoms with Crippen LogP contribution >= 0.6 is 11.6 Å². The standard InChI is InChI=1S/C13H13ClN2O2S/c1-16(10-5-3-2-4-6-10)19(17,18)11-7-8-12(14)13(15)9-11/h2-9H,15H2,1H3. The second kappa shape index (κ2) is 5.11. The first-order chi connectivity index (χ1) is 8.93. The van der Waals surface area contributed by atoms with Gasteiger partial charge >= 0.3 is 0 Å². The summed E-state index contributed by atoms with van der Waals surface area (Å²) in [7, 11) is -2.14. The van der Waals surface area contributed by atoms with Crippen LogP contribution in [0.2, 0.25) is 5.02 Å². The molecule has 0 saturated carbocycles. The molecule has 0 heterocycles. The summed E-state index contributed by atoms with van der Waals surface area (Å²) in [6.07, 6.45) is 0. The maximum Gasteiger partial charge on any atom is 0.264 e. The molecule has 0 saturated heterocycles. The van der Waals surface area contributed by atoms with E-state index in [0.29, 0.717) is 10.7 Å². The second-order valence-electron chi connectivity index (χ2n) is 3.99. The van der Waals surface area contributed by atoms with Crippen LogP contribution in [0, 0.1) is 0 Å². The van der Waals surface area contributed by atoms with Gasteiger partial charge in [-0.3, -0.25) is 4.31 Å². The number of rotatable bonds is 3. The zero-order valence-corrected chi connectivity index (χ0v) is 11.8. The summed E-state index contributed by atoms with van der Waals surface area (Å²) in [4.78, 5) is 0.112. The molecule has 0 bridgehead atoms. The molecule has 2 aromatic rings. The van der Waals surface area contributed by atoms with Crippen molar-refractivity contribution in [2.24, 2.45) is 0 Å². The Hall–Kier alpha value is -1.72.